The molecular weight excluding hydrogens is 362 g/mol. The summed E-state index contributed by atoms with van der Waals surface area (Å²) in [7, 11) is 1.51. The van der Waals surface area contributed by atoms with Gasteiger partial charge in [-0.05, 0) is 42.4 Å². The van der Waals surface area contributed by atoms with Crippen LogP contribution in [0, 0.1) is 5.41 Å². The van der Waals surface area contributed by atoms with Crippen LogP contribution in [-0.4, -0.2) is 40.2 Å². The molecule has 1 N–H and O–H groups in total. The lowest BCUT2D eigenvalue weighted by molar-refractivity contribution is 0.0548. The number of carbonyl (C=O) groups is 1. The van der Waals surface area contributed by atoms with E-state index in [-0.39, 0.29) is 23.7 Å². The van der Waals surface area contributed by atoms with E-state index < -0.39 is 11.2 Å². The summed E-state index contributed by atoms with van der Waals surface area (Å²) < 4.78 is 12.0. The molecule has 8 heteroatoms. The van der Waals surface area contributed by atoms with Crippen LogP contribution < -0.4 is 20.7 Å². The Balaban J connectivity index is 1.53. The minimum atomic E-state index is -0.642. The second kappa shape index (κ2) is 6.85. The number of rotatable bonds is 3. The summed E-state index contributed by atoms with van der Waals surface area (Å²) in [5, 5.41) is 0. The standard InChI is InChI=1S/C20H23N3O5/c1-20(9-13-4-5-15-16(8-13)28-12-27-15)6-3-7-23(11-20)18(25)14-10-22(2)19(26)21-17(14)24/h4-5,8,10H,3,6-7,9,11-12H2,1-2H3,(H,21,24,26)/t20-/m0/s1. The van der Waals surface area contributed by atoms with Crippen molar-refractivity contribution in [3.63, 3.8) is 0 Å². The monoisotopic (exact) mass is 385 g/mol. The highest BCUT2D eigenvalue weighted by molar-refractivity contribution is 5.93. The number of hydrogen-bond donors (Lipinski definition) is 1. The number of nitrogens with zero attached hydrogens (tertiary/aromatic N) is 2. The summed E-state index contributed by atoms with van der Waals surface area (Å²) in [6.45, 7) is 3.54. The quantitative estimate of drug-likeness (QED) is 0.859. The van der Waals surface area contributed by atoms with Gasteiger partial charge in [-0.2, -0.15) is 0 Å². The zero-order chi connectivity index (χ0) is 19.9. The van der Waals surface area contributed by atoms with Gasteiger partial charge < -0.3 is 18.9 Å². The smallest absolute Gasteiger partial charge is 0.328 e. The fourth-order valence-electron chi connectivity index (χ4n) is 4.06. The molecule has 1 saturated heterocycles. The first kappa shape index (κ1) is 18.3. The molecule has 28 heavy (non-hydrogen) atoms. The van der Waals surface area contributed by atoms with Gasteiger partial charge in [0.15, 0.2) is 11.5 Å². The Morgan fingerprint density at radius 1 is 1.25 bits per heavy atom. The van der Waals surface area contributed by atoms with Gasteiger partial charge in [0, 0.05) is 26.3 Å². The van der Waals surface area contributed by atoms with E-state index in [0.29, 0.717) is 13.1 Å². The van der Waals surface area contributed by atoms with Gasteiger partial charge in [0.25, 0.3) is 11.5 Å². The zero-order valence-corrected chi connectivity index (χ0v) is 16.0. The van der Waals surface area contributed by atoms with Crippen molar-refractivity contribution in [3.8, 4) is 11.5 Å². The predicted octanol–water partition coefficient (Wildman–Crippen LogP) is 1.29. The number of nitrogens with one attached hydrogen (secondary N) is 1. The van der Waals surface area contributed by atoms with Crippen molar-refractivity contribution in [1.29, 1.82) is 0 Å². The lowest BCUT2D eigenvalue weighted by Gasteiger charge is -2.40. The van der Waals surface area contributed by atoms with E-state index in [1.807, 2.05) is 18.2 Å². The van der Waals surface area contributed by atoms with Crippen LogP contribution in [0.25, 0.3) is 0 Å². The summed E-state index contributed by atoms with van der Waals surface area (Å²) in [6, 6.07) is 5.93. The Kier molecular flexibility index (Phi) is 4.49. The second-order valence-electron chi connectivity index (χ2n) is 7.92. The average molecular weight is 385 g/mol. The van der Waals surface area contributed by atoms with Crippen LogP contribution in [0.15, 0.2) is 34.0 Å². The molecule has 0 bridgehead atoms. The minimum absolute atomic E-state index is 0.00516. The number of H-pyrrole nitrogens is 1. The summed E-state index contributed by atoms with van der Waals surface area (Å²) in [6.07, 6.45) is 3.94. The molecule has 0 spiro atoms. The van der Waals surface area contributed by atoms with Crippen LogP contribution in [-0.2, 0) is 13.5 Å². The fourth-order valence-corrected chi connectivity index (χ4v) is 4.06. The number of carbonyl (C=O) groups excluding carboxylic acids is 1. The Labute approximate surface area is 161 Å². The molecular formula is C20H23N3O5. The Morgan fingerprint density at radius 2 is 2.04 bits per heavy atom. The number of hydrogen-bond acceptors (Lipinski definition) is 5. The number of likely N-dealkylation sites (tertiary alicyclic amines) is 1. The fraction of sp³-hybridized carbons (Fsp3) is 0.450. The Hall–Kier alpha value is -3.03. The third-order valence-corrected chi connectivity index (χ3v) is 5.47. The van der Waals surface area contributed by atoms with Crippen molar-refractivity contribution < 1.29 is 14.3 Å². The molecule has 0 aliphatic carbocycles. The molecule has 0 unspecified atom stereocenters. The zero-order valence-electron chi connectivity index (χ0n) is 16.0. The molecule has 1 aromatic carbocycles. The number of fused-ring (bicyclic) bond motifs is 1. The number of aromatic nitrogens is 2. The van der Waals surface area contributed by atoms with Crippen LogP contribution in [0.1, 0.15) is 35.7 Å². The molecule has 1 amide bonds. The number of aryl methyl sites for hydroxylation is 1. The van der Waals surface area contributed by atoms with Crippen molar-refractivity contribution in [2.45, 2.75) is 26.2 Å². The average Bonchev–Trinajstić information content (AvgIpc) is 3.11. The van der Waals surface area contributed by atoms with Gasteiger partial charge in [-0.3, -0.25) is 14.6 Å². The maximum absolute atomic E-state index is 12.9. The molecule has 0 radical (unpaired) electrons. The van der Waals surface area contributed by atoms with Crippen molar-refractivity contribution in [2.75, 3.05) is 19.9 Å². The summed E-state index contributed by atoms with van der Waals surface area (Å²) in [5.41, 5.74) is -0.172. The van der Waals surface area contributed by atoms with E-state index in [0.717, 1.165) is 36.3 Å². The Bertz CT molecular complexity index is 1040. The highest BCUT2D eigenvalue weighted by Crippen LogP contribution is 2.37. The maximum atomic E-state index is 12.9. The molecule has 1 atom stereocenters. The van der Waals surface area contributed by atoms with Gasteiger partial charge in [0.1, 0.15) is 5.56 Å². The number of aromatic amines is 1. The van der Waals surface area contributed by atoms with Gasteiger partial charge in [-0.25, -0.2) is 4.79 Å². The minimum Gasteiger partial charge on any atom is -0.454 e. The Morgan fingerprint density at radius 3 is 2.86 bits per heavy atom. The normalized spacial score (nSPS) is 21.0. The summed E-state index contributed by atoms with van der Waals surface area (Å²) in [4.78, 5) is 40.5. The third-order valence-electron chi connectivity index (χ3n) is 5.47. The van der Waals surface area contributed by atoms with Crippen molar-refractivity contribution in [1.82, 2.24) is 14.5 Å². The van der Waals surface area contributed by atoms with Gasteiger partial charge in [-0.1, -0.05) is 13.0 Å². The number of benzene rings is 1. The molecule has 1 aromatic heterocycles. The van der Waals surface area contributed by atoms with Crippen LogP contribution in [0.2, 0.25) is 0 Å². The molecule has 148 valence electrons. The van der Waals surface area contributed by atoms with Crippen LogP contribution in [0.5, 0.6) is 11.5 Å². The van der Waals surface area contributed by atoms with Crippen molar-refractivity contribution in [2.24, 2.45) is 12.5 Å². The molecule has 1 fully saturated rings. The first-order valence-electron chi connectivity index (χ1n) is 9.32. The van der Waals surface area contributed by atoms with Crippen LogP contribution in [0.3, 0.4) is 0 Å². The van der Waals surface area contributed by atoms with Gasteiger partial charge in [-0.15, -0.1) is 0 Å². The van der Waals surface area contributed by atoms with Crippen LogP contribution in [0.4, 0.5) is 0 Å². The van der Waals surface area contributed by atoms with Gasteiger partial charge in [0.05, 0.1) is 0 Å². The molecule has 0 saturated carbocycles. The molecule has 8 nitrogen and oxygen atoms in total. The van der Waals surface area contributed by atoms with Crippen molar-refractivity contribution in [3.05, 3.63) is 56.4 Å². The van der Waals surface area contributed by atoms with E-state index >= 15 is 0 Å². The number of ether oxygens (including phenoxy) is 2. The first-order chi connectivity index (χ1) is 13.3. The lowest BCUT2D eigenvalue weighted by atomic mass is 9.76. The largest absolute Gasteiger partial charge is 0.454 e. The molecule has 3 heterocycles. The summed E-state index contributed by atoms with van der Waals surface area (Å²) in [5.74, 6) is 1.17. The van der Waals surface area contributed by atoms with Gasteiger partial charge >= 0.3 is 5.69 Å². The third kappa shape index (κ3) is 3.42. The van der Waals surface area contributed by atoms with Crippen molar-refractivity contribution >= 4 is 5.91 Å². The van der Waals surface area contributed by atoms with Crippen LogP contribution >= 0.6 is 0 Å². The maximum Gasteiger partial charge on any atom is 0.328 e. The second-order valence-corrected chi connectivity index (χ2v) is 7.92. The highest BCUT2D eigenvalue weighted by Gasteiger charge is 2.34. The number of piperidine rings is 1. The predicted molar refractivity (Wildman–Crippen MR) is 102 cm³/mol. The van der Waals surface area contributed by atoms with E-state index in [4.69, 9.17) is 9.47 Å². The lowest BCUT2D eigenvalue weighted by Crippen LogP contribution is -2.47. The summed E-state index contributed by atoms with van der Waals surface area (Å²) >= 11 is 0. The topological polar surface area (TPSA) is 93.6 Å². The SMILES string of the molecule is Cn1cc(C(=O)N2CCC[C@@](C)(Cc3ccc4c(c3)OCO4)C2)c(=O)[nH]c1=O. The molecule has 2 aliphatic heterocycles. The number of amides is 1. The van der Waals surface area contributed by atoms with E-state index in [1.165, 1.54) is 17.8 Å². The van der Waals surface area contributed by atoms with E-state index in [1.54, 1.807) is 4.90 Å². The molecule has 2 aliphatic rings. The van der Waals surface area contributed by atoms with E-state index in [9.17, 15) is 14.4 Å². The molecule has 2 aromatic rings. The van der Waals surface area contributed by atoms with Gasteiger partial charge in [0.2, 0.25) is 6.79 Å². The van der Waals surface area contributed by atoms with E-state index in [2.05, 4.69) is 11.9 Å². The first-order valence-corrected chi connectivity index (χ1v) is 9.32. The highest BCUT2D eigenvalue weighted by atomic mass is 16.7. The molecule has 4 rings (SSSR count).